The van der Waals surface area contributed by atoms with Gasteiger partial charge in [0.2, 0.25) is 0 Å². The second-order valence-electron chi connectivity index (χ2n) is 14.4. The largest absolute Gasteiger partial charge is 0.418 e. The Hall–Kier alpha value is -7.06. The Morgan fingerprint density at radius 1 is 0.276 bits per heavy atom. The van der Waals surface area contributed by atoms with Crippen LogP contribution in [-0.2, 0) is 12.4 Å². The molecule has 0 atom stereocenters. The van der Waals surface area contributed by atoms with Crippen LogP contribution in [-0.4, -0.2) is 9.13 Å². The summed E-state index contributed by atoms with van der Waals surface area (Å²) in [6.45, 7) is 0. The molecule has 10 aromatic rings. The highest BCUT2D eigenvalue weighted by atomic mass is 19.4. The summed E-state index contributed by atoms with van der Waals surface area (Å²) >= 11 is 0. The van der Waals surface area contributed by atoms with Crippen LogP contribution in [0.15, 0.2) is 182 Å². The fourth-order valence-corrected chi connectivity index (χ4v) is 8.36. The quantitative estimate of drug-likeness (QED) is 0.154. The van der Waals surface area contributed by atoms with Crippen molar-refractivity contribution in [2.45, 2.75) is 12.4 Å². The fraction of sp³-hybridized carbons (Fsp3) is 0.0400. The first-order valence-electron chi connectivity index (χ1n) is 18.7. The number of benzene rings is 8. The lowest BCUT2D eigenvalue weighted by Gasteiger charge is -2.20. The first-order chi connectivity index (χ1) is 28.0. The number of halogens is 6. The van der Waals surface area contributed by atoms with Crippen LogP contribution in [0.1, 0.15) is 11.1 Å². The molecule has 0 saturated heterocycles. The van der Waals surface area contributed by atoms with Gasteiger partial charge in [0.15, 0.2) is 0 Å². The molecule has 0 radical (unpaired) electrons. The van der Waals surface area contributed by atoms with Gasteiger partial charge in [0, 0.05) is 21.5 Å². The van der Waals surface area contributed by atoms with Crippen molar-refractivity contribution in [3.8, 4) is 44.8 Å². The molecule has 0 aliphatic carbocycles. The Bertz CT molecular complexity index is 2970. The molecule has 0 fully saturated rings. The standard InChI is InChI=1S/C50H30F6N2/c51-49(52,53)41-23-19-35(29-47(41)57-43-17-9-7-15-37(43)39-27-33(21-25-45(39)57)31-11-3-1-4-12-31)36-20-24-42(50(54,55)56)48(30-36)58-44-18-10-8-16-38(44)40-28-34(22-26-46(40)58)32-13-5-2-6-14-32/h1-30H. The van der Waals surface area contributed by atoms with Crippen LogP contribution < -0.4 is 0 Å². The van der Waals surface area contributed by atoms with Crippen molar-refractivity contribution in [1.82, 2.24) is 9.13 Å². The Labute approximate surface area is 328 Å². The van der Waals surface area contributed by atoms with Crippen LogP contribution in [0.4, 0.5) is 26.3 Å². The molecule has 0 unspecified atom stereocenters. The second kappa shape index (κ2) is 13.3. The zero-order chi connectivity index (χ0) is 39.8. The molecule has 0 spiro atoms. The number of alkyl halides is 6. The van der Waals surface area contributed by atoms with Gasteiger partial charge in [-0.25, -0.2) is 0 Å². The van der Waals surface area contributed by atoms with Crippen LogP contribution in [0.5, 0.6) is 0 Å². The summed E-state index contributed by atoms with van der Waals surface area (Å²) in [5, 5.41) is 3.09. The van der Waals surface area contributed by atoms with E-state index in [0.29, 0.717) is 33.2 Å². The highest BCUT2D eigenvalue weighted by Gasteiger charge is 2.37. The Balaban J connectivity index is 1.20. The molecule has 0 amide bonds. The number of fused-ring (bicyclic) bond motifs is 6. The van der Waals surface area contributed by atoms with Crippen LogP contribution in [0.2, 0.25) is 0 Å². The van der Waals surface area contributed by atoms with E-state index in [4.69, 9.17) is 0 Å². The maximum absolute atomic E-state index is 15.0. The topological polar surface area (TPSA) is 9.86 Å². The average molecular weight is 773 g/mol. The summed E-state index contributed by atoms with van der Waals surface area (Å²) in [4.78, 5) is 0. The molecule has 282 valence electrons. The minimum atomic E-state index is -4.73. The molecule has 2 heterocycles. The van der Waals surface area contributed by atoms with E-state index in [1.54, 1.807) is 33.4 Å². The third-order valence-corrected chi connectivity index (χ3v) is 11.0. The van der Waals surface area contributed by atoms with Gasteiger partial charge in [-0.05, 0) is 94.0 Å². The molecule has 2 aromatic heterocycles. The zero-order valence-electron chi connectivity index (χ0n) is 30.5. The first kappa shape index (κ1) is 35.4. The minimum absolute atomic E-state index is 0.129. The molecular weight excluding hydrogens is 743 g/mol. The van der Waals surface area contributed by atoms with Crippen molar-refractivity contribution in [3.05, 3.63) is 193 Å². The second-order valence-corrected chi connectivity index (χ2v) is 14.4. The Morgan fingerprint density at radius 3 is 1.00 bits per heavy atom. The number of hydrogen-bond acceptors (Lipinski definition) is 0. The number of para-hydroxylation sites is 2. The normalized spacial score (nSPS) is 12.3. The van der Waals surface area contributed by atoms with E-state index in [-0.39, 0.29) is 11.4 Å². The van der Waals surface area contributed by atoms with Gasteiger partial charge in [0.05, 0.1) is 44.6 Å². The number of aromatic nitrogens is 2. The molecule has 2 nitrogen and oxygen atoms in total. The van der Waals surface area contributed by atoms with Gasteiger partial charge in [0.1, 0.15) is 0 Å². The zero-order valence-corrected chi connectivity index (χ0v) is 30.5. The van der Waals surface area contributed by atoms with Crippen molar-refractivity contribution in [3.63, 3.8) is 0 Å². The fourth-order valence-electron chi connectivity index (χ4n) is 8.36. The summed E-state index contributed by atoms with van der Waals surface area (Å²) < 4.78 is 93.1. The van der Waals surface area contributed by atoms with E-state index in [1.807, 2.05) is 121 Å². The van der Waals surface area contributed by atoms with Gasteiger partial charge >= 0.3 is 12.4 Å². The third-order valence-electron chi connectivity index (χ3n) is 11.0. The summed E-state index contributed by atoms with van der Waals surface area (Å²) in [5.41, 5.74) is 4.71. The van der Waals surface area contributed by atoms with Gasteiger partial charge in [-0.1, -0.05) is 121 Å². The molecule has 0 saturated carbocycles. The highest BCUT2D eigenvalue weighted by molar-refractivity contribution is 6.12. The van der Waals surface area contributed by atoms with Gasteiger partial charge in [-0.2, -0.15) is 26.3 Å². The van der Waals surface area contributed by atoms with Gasteiger partial charge in [-0.15, -0.1) is 0 Å². The van der Waals surface area contributed by atoms with E-state index >= 15 is 0 Å². The monoisotopic (exact) mass is 772 g/mol. The number of rotatable bonds is 5. The molecule has 8 aromatic carbocycles. The van der Waals surface area contributed by atoms with Crippen molar-refractivity contribution in [2.75, 3.05) is 0 Å². The maximum atomic E-state index is 15.0. The summed E-state index contributed by atoms with van der Waals surface area (Å²) in [6, 6.07) is 53.0. The number of hydrogen-bond donors (Lipinski definition) is 0. The van der Waals surface area contributed by atoms with Crippen LogP contribution in [0.25, 0.3) is 88.4 Å². The molecule has 0 bridgehead atoms. The Kier molecular flexibility index (Phi) is 8.09. The van der Waals surface area contributed by atoms with Crippen molar-refractivity contribution >= 4 is 43.6 Å². The van der Waals surface area contributed by atoms with E-state index in [1.165, 1.54) is 24.3 Å². The SMILES string of the molecule is FC(F)(F)c1ccc(-c2ccc(C(F)(F)F)c(-n3c4ccccc4c4cc(-c5ccccc5)ccc43)c2)cc1-n1c2ccccc2c2cc(-c3ccccc3)ccc21. The van der Waals surface area contributed by atoms with Crippen LogP contribution in [0, 0.1) is 0 Å². The van der Waals surface area contributed by atoms with Gasteiger partial charge < -0.3 is 9.13 Å². The lowest BCUT2D eigenvalue weighted by Crippen LogP contribution is -2.12. The Morgan fingerprint density at radius 2 is 0.603 bits per heavy atom. The third kappa shape index (κ3) is 5.83. The predicted molar refractivity (Wildman–Crippen MR) is 221 cm³/mol. The molecule has 0 aliphatic heterocycles. The van der Waals surface area contributed by atoms with E-state index in [9.17, 15) is 26.3 Å². The molecule has 8 heteroatoms. The van der Waals surface area contributed by atoms with Crippen molar-refractivity contribution in [1.29, 1.82) is 0 Å². The molecular formula is C50H30F6N2. The first-order valence-corrected chi connectivity index (χ1v) is 18.7. The van der Waals surface area contributed by atoms with E-state index < -0.39 is 23.5 Å². The van der Waals surface area contributed by atoms with Crippen molar-refractivity contribution in [2.24, 2.45) is 0 Å². The molecule has 58 heavy (non-hydrogen) atoms. The summed E-state index contributed by atoms with van der Waals surface area (Å²) in [5.74, 6) is 0. The maximum Gasteiger partial charge on any atom is 0.418 e. The lowest BCUT2D eigenvalue weighted by molar-refractivity contribution is -0.138. The highest BCUT2D eigenvalue weighted by Crippen LogP contribution is 2.44. The van der Waals surface area contributed by atoms with Crippen molar-refractivity contribution < 1.29 is 26.3 Å². The van der Waals surface area contributed by atoms with E-state index in [2.05, 4.69) is 0 Å². The van der Waals surface area contributed by atoms with Crippen LogP contribution >= 0.6 is 0 Å². The predicted octanol–water partition coefficient (Wildman–Crippen LogP) is 14.9. The smallest absolute Gasteiger partial charge is 0.309 e. The lowest BCUT2D eigenvalue weighted by atomic mass is 9.98. The molecule has 0 N–H and O–H groups in total. The minimum Gasteiger partial charge on any atom is -0.309 e. The summed E-state index contributed by atoms with van der Waals surface area (Å²) in [7, 11) is 0. The number of nitrogens with zero attached hydrogens (tertiary/aromatic N) is 2. The van der Waals surface area contributed by atoms with Gasteiger partial charge in [0.25, 0.3) is 0 Å². The van der Waals surface area contributed by atoms with Crippen LogP contribution in [0.3, 0.4) is 0 Å². The average Bonchev–Trinajstić information content (AvgIpc) is 3.75. The molecule has 0 aliphatic rings. The molecule has 10 rings (SSSR count). The summed E-state index contributed by atoms with van der Waals surface area (Å²) in [6.07, 6.45) is -9.47. The van der Waals surface area contributed by atoms with E-state index in [0.717, 1.165) is 55.9 Å². The van der Waals surface area contributed by atoms with Gasteiger partial charge in [-0.3, -0.25) is 0 Å².